The van der Waals surface area contributed by atoms with E-state index in [9.17, 15) is 18.0 Å². The zero-order chi connectivity index (χ0) is 13.3. The van der Waals surface area contributed by atoms with Gasteiger partial charge in [0.15, 0.2) is 0 Å². The van der Waals surface area contributed by atoms with Crippen LogP contribution in [0.25, 0.3) is 0 Å². The second kappa shape index (κ2) is 4.44. The van der Waals surface area contributed by atoms with Gasteiger partial charge in [-0.2, -0.15) is 18.3 Å². The summed E-state index contributed by atoms with van der Waals surface area (Å²) < 4.78 is 38.2. The van der Waals surface area contributed by atoms with Crippen LogP contribution in [0.1, 0.15) is 29.5 Å². The minimum Gasteiger partial charge on any atom is -0.273 e. The molecule has 1 heterocycles. The summed E-state index contributed by atoms with van der Waals surface area (Å²) in [6.07, 6.45) is -3.78. The highest BCUT2D eigenvalue weighted by molar-refractivity contribution is 6.04. The van der Waals surface area contributed by atoms with Crippen LogP contribution in [0.4, 0.5) is 13.2 Å². The van der Waals surface area contributed by atoms with Gasteiger partial charge < -0.3 is 0 Å². The quantitative estimate of drug-likeness (QED) is 0.824. The molecule has 0 spiro atoms. The number of nitrogens with zero attached hydrogens (tertiary/aromatic N) is 1. The van der Waals surface area contributed by atoms with Crippen molar-refractivity contribution in [2.75, 3.05) is 0 Å². The summed E-state index contributed by atoms with van der Waals surface area (Å²) in [6.45, 7) is 1.41. The van der Waals surface area contributed by atoms with Gasteiger partial charge in [-0.05, 0) is 24.1 Å². The number of hydrazone groups is 1. The number of halogens is 3. The Morgan fingerprint density at radius 3 is 2.56 bits per heavy atom. The second-order valence-electron chi connectivity index (χ2n) is 4.12. The number of nitrogens with one attached hydrogen (secondary N) is 1. The topological polar surface area (TPSA) is 41.5 Å². The van der Waals surface area contributed by atoms with Gasteiger partial charge >= 0.3 is 6.18 Å². The van der Waals surface area contributed by atoms with Crippen LogP contribution in [-0.2, 0) is 11.0 Å². The summed E-state index contributed by atoms with van der Waals surface area (Å²) in [6, 6.07) is 4.07. The van der Waals surface area contributed by atoms with Gasteiger partial charge in [-0.3, -0.25) is 4.79 Å². The summed E-state index contributed by atoms with van der Waals surface area (Å²) in [4.78, 5) is 10.9. The van der Waals surface area contributed by atoms with Gasteiger partial charge in [0.05, 0.1) is 11.3 Å². The lowest BCUT2D eigenvalue weighted by Crippen LogP contribution is -2.26. The Labute approximate surface area is 102 Å². The number of carbonyl (C=O) groups is 1. The lowest BCUT2D eigenvalue weighted by molar-refractivity contribution is -0.138. The highest BCUT2D eigenvalue weighted by atomic mass is 19.4. The normalized spacial score (nSPS) is 16.2. The molecule has 6 heteroatoms. The van der Waals surface area contributed by atoms with Crippen LogP contribution >= 0.6 is 0 Å². The summed E-state index contributed by atoms with van der Waals surface area (Å²) >= 11 is 0. The van der Waals surface area contributed by atoms with E-state index in [1.807, 2.05) is 0 Å². The molecule has 0 aromatic heterocycles. The second-order valence-corrected chi connectivity index (χ2v) is 4.12. The van der Waals surface area contributed by atoms with E-state index in [4.69, 9.17) is 0 Å². The maximum Gasteiger partial charge on any atom is 0.416 e. The van der Waals surface area contributed by atoms with Crippen molar-refractivity contribution in [1.29, 1.82) is 0 Å². The first-order chi connectivity index (χ1) is 8.38. The van der Waals surface area contributed by atoms with E-state index < -0.39 is 11.7 Å². The van der Waals surface area contributed by atoms with Crippen LogP contribution in [0.5, 0.6) is 0 Å². The van der Waals surface area contributed by atoms with Crippen molar-refractivity contribution >= 4 is 11.6 Å². The Kier molecular flexibility index (Phi) is 3.11. The van der Waals surface area contributed by atoms with E-state index in [2.05, 4.69) is 10.5 Å². The molecule has 0 saturated carbocycles. The maximum atomic E-state index is 12.7. The van der Waals surface area contributed by atoms with Crippen molar-refractivity contribution in [2.24, 2.45) is 5.10 Å². The highest BCUT2D eigenvalue weighted by Crippen LogP contribution is 2.32. The molecule has 0 atom stereocenters. The highest BCUT2D eigenvalue weighted by Gasteiger charge is 2.32. The molecule has 1 amide bonds. The number of amides is 1. The fraction of sp³-hybridized carbons (Fsp3) is 0.333. The van der Waals surface area contributed by atoms with Gasteiger partial charge in [-0.25, -0.2) is 5.43 Å². The van der Waals surface area contributed by atoms with E-state index >= 15 is 0 Å². The zero-order valence-corrected chi connectivity index (χ0v) is 9.64. The Hall–Kier alpha value is -1.85. The summed E-state index contributed by atoms with van der Waals surface area (Å²) in [7, 11) is 0. The van der Waals surface area contributed by atoms with Gasteiger partial charge in [0.1, 0.15) is 0 Å². The summed E-state index contributed by atoms with van der Waals surface area (Å²) in [5, 5.41) is 3.78. The average Bonchev–Trinajstić information content (AvgIpc) is 2.29. The molecule has 0 bridgehead atoms. The molecule has 96 valence electrons. The Balaban J connectivity index is 2.39. The fourth-order valence-electron chi connectivity index (χ4n) is 1.79. The van der Waals surface area contributed by atoms with E-state index in [1.54, 1.807) is 6.07 Å². The first-order valence-electron chi connectivity index (χ1n) is 5.41. The van der Waals surface area contributed by atoms with Crippen LogP contribution in [-0.4, -0.2) is 11.6 Å². The summed E-state index contributed by atoms with van der Waals surface area (Å²) in [5.41, 5.74) is 2.65. The van der Waals surface area contributed by atoms with Gasteiger partial charge in [-0.15, -0.1) is 0 Å². The molecule has 1 aliphatic rings. The third-order valence-electron chi connectivity index (χ3n) is 2.78. The molecule has 1 N–H and O–H groups in total. The van der Waals surface area contributed by atoms with Crippen LogP contribution in [0, 0.1) is 6.92 Å². The van der Waals surface area contributed by atoms with Crippen molar-refractivity contribution in [3.8, 4) is 0 Å². The van der Waals surface area contributed by atoms with Gasteiger partial charge in [0, 0.05) is 12.8 Å². The number of benzene rings is 1. The maximum absolute atomic E-state index is 12.7. The third kappa shape index (κ3) is 2.52. The number of alkyl halides is 3. The molecule has 18 heavy (non-hydrogen) atoms. The Morgan fingerprint density at radius 2 is 2.00 bits per heavy atom. The molecule has 0 aliphatic carbocycles. The smallest absolute Gasteiger partial charge is 0.273 e. The van der Waals surface area contributed by atoms with E-state index in [-0.39, 0.29) is 17.9 Å². The van der Waals surface area contributed by atoms with Crippen LogP contribution in [0.3, 0.4) is 0 Å². The molecule has 0 saturated heterocycles. The van der Waals surface area contributed by atoms with Crippen LogP contribution in [0.15, 0.2) is 23.3 Å². The Morgan fingerprint density at radius 1 is 1.28 bits per heavy atom. The molecule has 1 aromatic rings. The summed E-state index contributed by atoms with van der Waals surface area (Å²) in [5.74, 6) is -0.220. The number of aryl methyl sites for hydroxylation is 1. The van der Waals surface area contributed by atoms with Crippen molar-refractivity contribution in [1.82, 2.24) is 5.43 Å². The van der Waals surface area contributed by atoms with Crippen LogP contribution in [0.2, 0.25) is 0 Å². The Bertz CT molecular complexity index is 521. The zero-order valence-electron chi connectivity index (χ0n) is 9.64. The fourth-order valence-corrected chi connectivity index (χ4v) is 1.79. The van der Waals surface area contributed by atoms with Crippen molar-refractivity contribution in [2.45, 2.75) is 25.9 Å². The van der Waals surface area contributed by atoms with Crippen molar-refractivity contribution in [3.63, 3.8) is 0 Å². The first kappa shape index (κ1) is 12.6. The lowest BCUT2D eigenvalue weighted by Gasteiger charge is -2.15. The molecule has 0 unspecified atom stereocenters. The predicted molar refractivity (Wildman–Crippen MR) is 60.1 cm³/mol. The van der Waals surface area contributed by atoms with E-state index in [0.29, 0.717) is 17.7 Å². The van der Waals surface area contributed by atoms with Crippen molar-refractivity contribution < 1.29 is 18.0 Å². The molecule has 1 aliphatic heterocycles. The molecule has 3 nitrogen and oxygen atoms in total. The number of hydrogen-bond acceptors (Lipinski definition) is 2. The largest absolute Gasteiger partial charge is 0.416 e. The standard InChI is InChI=1S/C12H11F3N2O/c1-7-2-3-8(6-9(7)12(13,14)15)10-4-5-11(18)17-16-10/h2-3,6H,4-5H2,1H3,(H,17,18). The molecule has 1 aromatic carbocycles. The third-order valence-corrected chi connectivity index (χ3v) is 2.78. The molecular weight excluding hydrogens is 245 g/mol. The first-order valence-corrected chi connectivity index (χ1v) is 5.41. The number of rotatable bonds is 1. The monoisotopic (exact) mass is 256 g/mol. The predicted octanol–water partition coefficient (Wildman–Crippen LogP) is 2.63. The van der Waals surface area contributed by atoms with Gasteiger partial charge in [-0.1, -0.05) is 12.1 Å². The molecule has 0 radical (unpaired) electrons. The molecular formula is C12H11F3N2O. The SMILES string of the molecule is Cc1ccc(C2=NNC(=O)CC2)cc1C(F)(F)F. The van der Waals surface area contributed by atoms with Crippen LogP contribution < -0.4 is 5.43 Å². The minimum absolute atomic E-state index is 0.173. The van der Waals surface area contributed by atoms with E-state index in [0.717, 1.165) is 6.07 Å². The average molecular weight is 256 g/mol. The van der Waals surface area contributed by atoms with Gasteiger partial charge in [0.2, 0.25) is 5.91 Å². The number of hydrogen-bond donors (Lipinski definition) is 1. The minimum atomic E-state index is -4.38. The lowest BCUT2D eigenvalue weighted by atomic mass is 9.99. The van der Waals surface area contributed by atoms with Crippen molar-refractivity contribution in [3.05, 3.63) is 34.9 Å². The van der Waals surface area contributed by atoms with Gasteiger partial charge in [0.25, 0.3) is 0 Å². The molecule has 0 fully saturated rings. The van der Waals surface area contributed by atoms with E-state index in [1.165, 1.54) is 13.0 Å². The molecule has 2 rings (SSSR count). The number of carbonyl (C=O) groups excluding carboxylic acids is 1.